The number of sulfone groups is 2. The van der Waals surface area contributed by atoms with Crippen molar-refractivity contribution in [2.24, 2.45) is 0 Å². The Bertz CT molecular complexity index is 1010. The van der Waals surface area contributed by atoms with E-state index in [2.05, 4.69) is 0 Å². The van der Waals surface area contributed by atoms with Gasteiger partial charge >= 0.3 is 40.6 Å². The Morgan fingerprint density at radius 1 is 0.500 bits per heavy atom. The van der Waals surface area contributed by atoms with Crippen molar-refractivity contribution in [2.75, 3.05) is 5.08 Å². The molecule has 0 N–H and O–H groups in total. The van der Waals surface area contributed by atoms with Crippen LogP contribution >= 0.6 is 0 Å². The first kappa shape index (κ1) is 32.4. The van der Waals surface area contributed by atoms with E-state index >= 15 is 0 Å². The summed E-state index contributed by atoms with van der Waals surface area (Å²) in [5, 5.41) is -20.3. The molecule has 204 valence electrons. The second-order valence-corrected chi connectivity index (χ2v) is 10.4. The first-order valence-electron chi connectivity index (χ1n) is 7.06. The molecule has 0 aliphatic rings. The molecule has 0 bridgehead atoms. The molecular formula is C11H5F17O4S2. The maximum Gasteiger partial charge on any atom is 0.460 e. The average molecular weight is 588 g/mol. The van der Waals surface area contributed by atoms with Crippen molar-refractivity contribution in [3.63, 3.8) is 0 Å². The van der Waals surface area contributed by atoms with Crippen LogP contribution in [0, 0.1) is 0 Å². The molecule has 1 atom stereocenters. The van der Waals surface area contributed by atoms with E-state index in [1.165, 1.54) is 0 Å². The molecule has 1 unspecified atom stereocenters. The second kappa shape index (κ2) is 7.98. The highest BCUT2D eigenvalue weighted by atomic mass is 32.3. The lowest BCUT2D eigenvalue weighted by molar-refractivity contribution is -0.382. The summed E-state index contributed by atoms with van der Waals surface area (Å²) >= 11 is 0. The minimum absolute atomic E-state index is 1.68. The zero-order valence-electron chi connectivity index (χ0n) is 14.9. The maximum atomic E-state index is 13.7. The lowest BCUT2D eigenvalue weighted by atomic mass is 9.97. The largest absolute Gasteiger partial charge is 0.460 e. The number of hydrogen-bond donors (Lipinski definition) is 0. The van der Waals surface area contributed by atoms with Gasteiger partial charge in [-0.1, -0.05) is 6.58 Å². The van der Waals surface area contributed by atoms with Gasteiger partial charge in [-0.05, 0) is 6.08 Å². The summed E-state index contributed by atoms with van der Waals surface area (Å²) in [5.74, 6) is -23.9. The standard InChI is InChI=1S/C11H5F17O4S2/c1-2-4(12,8(19,20)21)5(13,14)10(25,26)33(29,30)3-34(31,32)11(27,28)7(17,18)6(15,16)9(22,23)24/h2H,1,3H2. The van der Waals surface area contributed by atoms with Gasteiger partial charge in [0.15, 0.2) is 5.08 Å². The number of hydrogen-bond acceptors (Lipinski definition) is 4. The lowest BCUT2D eigenvalue weighted by Gasteiger charge is -2.37. The highest BCUT2D eigenvalue weighted by molar-refractivity contribution is 8.09. The van der Waals surface area contributed by atoms with Crippen molar-refractivity contribution < 1.29 is 91.5 Å². The van der Waals surface area contributed by atoms with Gasteiger partial charge in [0.1, 0.15) is 0 Å². The Morgan fingerprint density at radius 3 is 1.03 bits per heavy atom. The maximum absolute atomic E-state index is 13.7. The van der Waals surface area contributed by atoms with Crippen LogP contribution in [0.4, 0.5) is 74.6 Å². The fourth-order valence-electron chi connectivity index (χ4n) is 1.74. The molecule has 34 heavy (non-hydrogen) atoms. The fourth-order valence-corrected chi connectivity index (χ4v) is 5.61. The molecule has 0 aromatic carbocycles. The summed E-state index contributed by atoms with van der Waals surface area (Å²) in [4.78, 5) is 0. The zero-order valence-corrected chi connectivity index (χ0v) is 16.5. The normalized spacial score (nSPS) is 17.9. The van der Waals surface area contributed by atoms with Crippen molar-refractivity contribution in [2.45, 2.75) is 46.3 Å². The molecule has 0 amide bonds. The molecule has 23 heteroatoms. The molecule has 0 spiro atoms. The van der Waals surface area contributed by atoms with Gasteiger partial charge in [-0.2, -0.15) is 70.2 Å². The lowest BCUT2D eigenvalue weighted by Crippen LogP contribution is -2.66. The summed E-state index contributed by atoms with van der Waals surface area (Å²) in [5.41, 5.74) is -6.77. The molecule has 0 radical (unpaired) electrons. The molecule has 0 rings (SSSR count). The van der Waals surface area contributed by atoms with Crippen molar-refractivity contribution >= 4 is 19.7 Å². The van der Waals surface area contributed by atoms with Gasteiger partial charge in [0.2, 0.25) is 19.7 Å². The summed E-state index contributed by atoms with van der Waals surface area (Å²) < 4.78 is 265. The molecule has 0 aromatic rings. The van der Waals surface area contributed by atoms with Crippen LogP contribution in [0.15, 0.2) is 12.7 Å². The fraction of sp³-hybridized carbons (Fsp3) is 0.818. The smallest absolute Gasteiger partial charge is 0.222 e. The second-order valence-electron chi connectivity index (χ2n) is 6.02. The van der Waals surface area contributed by atoms with Crippen LogP contribution in [-0.2, 0) is 19.7 Å². The predicted molar refractivity (Wildman–Crippen MR) is 73.6 cm³/mol. The van der Waals surface area contributed by atoms with Crippen LogP contribution in [0.5, 0.6) is 0 Å². The molecule has 4 nitrogen and oxygen atoms in total. The van der Waals surface area contributed by atoms with Crippen molar-refractivity contribution in [1.29, 1.82) is 0 Å². The van der Waals surface area contributed by atoms with Crippen molar-refractivity contribution in [1.82, 2.24) is 0 Å². The first-order chi connectivity index (χ1) is 14.3. The molecule has 0 aliphatic carbocycles. The third-order valence-electron chi connectivity index (χ3n) is 3.72. The first-order valence-corrected chi connectivity index (χ1v) is 10.4. The van der Waals surface area contributed by atoms with Crippen LogP contribution in [0.3, 0.4) is 0 Å². The van der Waals surface area contributed by atoms with Gasteiger partial charge < -0.3 is 0 Å². The third kappa shape index (κ3) is 4.18. The zero-order chi connectivity index (χ0) is 28.4. The highest BCUT2D eigenvalue weighted by Gasteiger charge is 2.87. The van der Waals surface area contributed by atoms with Gasteiger partial charge in [0.05, 0.1) is 0 Å². The number of alkyl halides is 17. The van der Waals surface area contributed by atoms with Crippen molar-refractivity contribution in [3.8, 4) is 0 Å². The van der Waals surface area contributed by atoms with Crippen LogP contribution in [0.25, 0.3) is 0 Å². The minimum Gasteiger partial charge on any atom is -0.222 e. The van der Waals surface area contributed by atoms with Crippen LogP contribution < -0.4 is 0 Å². The monoisotopic (exact) mass is 588 g/mol. The Hall–Kier alpha value is -1.55. The molecule has 0 saturated carbocycles. The Kier molecular flexibility index (Phi) is 7.62. The molecule has 0 fully saturated rings. The van der Waals surface area contributed by atoms with E-state index in [0.29, 0.717) is 0 Å². The van der Waals surface area contributed by atoms with Gasteiger partial charge in [-0.3, -0.25) is 0 Å². The van der Waals surface area contributed by atoms with E-state index in [9.17, 15) is 91.5 Å². The highest BCUT2D eigenvalue weighted by Crippen LogP contribution is 2.57. The molecular weight excluding hydrogens is 583 g/mol. The average Bonchev–Trinajstić information content (AvgIpc) is 2.56. The Morgan fingerprint density at radius 2 is 0.794 bits per heavy atom. The summed E-state index contributed by atoms with van der Waals surface area (Å²) in [7, 11) is -16.6. The van der Waals surface area contributed by atoms with Gasteiger partial charge in [-0.25, -0.2) is 21.2 Å². The SMILES string of the molecule is C=CC(F)(C(F)(F)F)C(F)(F)C(F)(F)S(=O)(=O)CS(=O)(=O)C(F)(F)C(F)(F)C(F)(F)C(F)(F)F. The van der Waals surface area contributed by atoms with Crippen molar-refractivity contribution in [3.05, 3.63) is 12.7 Å². The van der Waals surface area contributed by atoms with Crippen LogP contribution in [0.1, 0.15) is 0 Å². The predicted octanol–water partition coefficient (Wildman–Crippen LogP) is 4.88. The van der Waals surface area contributed by atoms with Crippen LogP contribution in [0.2, 0.25) is 0 Å². The summed E-state index contributed by atoms with van der Waals surface area (Å²) in [6, 6.07) is 0. The number of rotatable bonds is 9. The third-order valence-corrected chi connectivity index (χ3v) is 8.28. The minimum atomic E-state index is -8.34. The Balaban J connectivity index is 6.84. The quantitative estimate of drug-likeness (QED) is 0.285. The number of halogens is 17. The number of allylic oxidation sites excluding steroid dienone is 1. The topological polar surface area (TPSA) is 68.3 Å². The van der Waals surface area contributed by atoms with Gasteiger partial charge in [0.25, 0.3) is 5.67 Å². The van der Waals surface area contributed by atoms with E-state index < -0.39 is 77.1 Å². The van der Waals surface area contributed by atoms with E-state index in [4.69, 9.17) is 0 Å². The summed E-state index contributed by atoms with van der Waals surface area (Å²) in [6.45, 7) is 1.73. The van der Waals surface area contributed by atoms with Gasteiger partial charge in [-0.15, -0.1) is 0 Å². The summed E-state index contributed by atoms with van der Waals surface area (Å²) in [6.07, 6.45) is -16.6. The molecule has 0 aromatic heterocycles. The van der Waals surface area contributed by atoms with Crippen LogP contribution in [-0.4, -0.2) is 68.2 Å². The van der Waals surface area contributed by atoms with E-state index in [-0.39, 0.29) is 0 Å². The molecule has 0 aliphatic heterocycles. The van der Waals surface area contributed by atoms with E-state index in [1.807, 2.05) is 0 Å². The molecule has 0 heterocycles. The Labute approximate surface area is 176 Å². The van der Waals surface area contributed by atoms with E-state index in [0.717, 1.165) is 0 Å². The van der Waals surface area contributed by atoms with E-state index in [1.54, 1.807) is 6.58 Å². The molecule has 0 saturated heterocycles. The van der Waals surface area contributed by atoms with Gasteiger partial charge in [0, 0.05) is 0 Å².